The predicted octanol–water partition coefficient (Wildman–Crippen LogP) is 5.32. The van der Waals surface area contributed by atoms with Crippen LogP contribution in [0.3, 0.4) is 0 Å². The molecule has 0 aliphatic carbocycles. The molecule has 180 valence electrons. The highest BCUT2D eigenvalue weighted by atomic mass is 16.5. The number of aliphatic hydroxyl groups is 1. The maximum Gasteiger partial charge on any atom is 0.295 e. The van der Waals surface area contributed by atoms with E-state index < -0.39 is 17.7 Å². The number of hydrogen-bond donors (Lipinski definition) is 1. The van der Waals surface area contributed by atoms with Gasteiger partial charge < -0.3 is 14.7 Å². The maximum atomic E-state index is 13.3. The summed E-state index contributed by atoms with van der Waals surface area (Å²) in [4.78, 5) is 32.2. The topological polar surface area (TPSA) is 79.7 Å². The van der Waals surface area contributed by atoms with Crippen molar-refractivity contribution in [3.8, 4) is 5.75 Å². The molecule has 1 atom stereocenters. The first-order chi connectivity index (χ1) is 16.6. The Morgan fingerprint density at radius 3 is 2.37 bits per heavy atom. The van der Waals surface area contributed by atoms with Gasteiger partial charge in [0.2, 0.25) is 0 Å². The highest BCUT2D eigenvalue weighted by Crippen LogP contribution is 2.41. The lowest BCUT2D eigenvalue weighted by molar-refractivity contribution is -0.140. The minimum Gasteiger partial charge on any atom is -0.507 e. The van der Waals surface area contributed by atoms with Crippen LogP contribution in [0.25, 0.3) is 5.76 Å². The van der Waals surface area contributed by atoms with Crippen molar-refractivity contribution in [3.63, 3.8) is 0 Å². The van der Waals surface area contributed by atoms with E-state index in [1.807, 2.05) is 37.3 Å². The van der Waals surface area contributed by atoms with Crippen LogP contribution in [0.5, 0.6) is 5.75 Å². The number of aromatic nitrogens is 1. The Kier molecular flexibility index (Phi) is 6.48. The zero-order valence-electron chi connectivity index (χ0n) is 20.7. The molecule has 1 aliphatic rings. The van der Waals surface area contributed by atoms with Gasteiger partial charge in [-0.05, 0) is 58.9 Å². The van der Waals surface area contributed by atoms with Gasteiger partial charge in [0, 0.05) is 24.5 Å². The van der Waals surface area contributed by atoms with E-state index in [-0.39, 0.29) is 23.3 Å². The van der Waals surface area contributed by atoms with Crippen molar-refractivity contribution in [3.05, 3.63) is 100 Å². The number of amides is 1. The number of nitrogens with zero attached hydrogens (tertiary/aromatic N) is 2. The van der Waals surface area contributed by atoms with Gasteiger partial charge in [-0.25, -0.2) is 0 Å². The number of ketones is 1. The van der Waals surface area contributed by atoms with Crippen LogP contribution in [0.4, 0.5) is 0 Å². The Labute approximate surface area is 205 Å². The summed E-state index contributed by atoms with van der Waals surface area (Å²) in [6.45, 7) is 8.44. The molecule has 2 aromatic carbocycles. The summed E-state index contributed by atoms with van der Waals surface area (Å²) < 4.78 is 5.32. The van der Waals surface area contributed by atoms with Crippen molar-refractivity contribution in [1.82, 2.24) is 9.88 Å². The van der Waals surface area contributed by atoms with E-state index in [2.05, 4.69) is 25.8 Å². The van der Waals surface area contributed by atoms with Gasteiger partial charge in [0.15, 0.2) is 0 Å². The second-order valence-corrected chi connectivity index (χ2v) is 9.84. The van der Waals surface area contributed by atoms with Crippen LogP contribution in [0, 0.1) is 6.92 Å². The number of Topliss-reactive ketones (excluding diaryl/α,β-unsaturated/α-hetero) is 1. The number of ether oxygens (including phenoxy) is 1. The summed E-state index contributed by atoms with van der Waals surface area (Å²) in [7, 11) is 1.58. The molecule has 35 heavy (non-hydrogen) atoms. The third-order valence-corrected chi connectivity index (χ3v) is 6.38. The summed E-state index contributed by atoms with van der Waals surface area (Å²) >= 11 is 0. The van der Waals surface area contributed by atoms with E-state index in [1.54, 1.807) is 43.8 Å². The third kappa shape index (κ3) is 4.69. The highest BCUT2D eigenvalue weighted by molar-refractivity contribution is 6.46. The molecule has 1 N–H and O–H groups in total. The van der Waals surface area contributed by atoms with Crippen molar-refractivity contribution in [1.29, 1.82) is 0 Å². The summed E-state index contributed by atoms with van der Waals surface area (Å²) in [5, 5.41) is 11.3. The number of carbonyl (C=O) groups excluding carboxylic acids is 2. The number of pyridine rings is 1. The Morgan fingerprint density at radius 2 is 1.80 bits per heavy atom. The molecule has 6 nitrogen and oxygen atoms in total. The molecule has 1 fully saturated rings. The monoisotopic (exact) mass is 470 g/mol. The quantitative estimate of drug-likeness (QED) is 0.310. The van der Waals surface area contributed by atoms with E-state index in [0.29, 0.717) is 11.3 Å². The summed E-state index contributed by atoms with van der Waals surface area (Å²) in [6, 6.07) is 16.0. The maximum absolute atomic E-state index is 13.3. The van der Waals surface area contributed by atoms with Gasteiger partial charge in [-0.2, -0.15) is 0 Å². The SMILES string of the molecule is COc1ccc(C(O)=C2C(=O)C(=O)N(Cc3cccnc3)C2c2ccc(C(C)(C)C)cc2)cc1C. The van der Waals surface area contributed by atoms with Crippen molar-refractivity contribution in [2.45, 2.75) is 45.7 Å². The molecule has 0 saturated carbocycles. The fraction of sp³-hybridized carbons (Fsp3) is 0.276. The molecule has 1 amide bonds. The van der Waals surface area contributed by atoms with E-state index in [9.17, 15) is 14.7 Å². The van der Waals surface area contributed by atoms with Crippen LogP contribution in [0.15, 0.2) is 72.6 Å². The fourth-order valence-electron chi connectivity index (χ4n) is 4.42. The van der Waals surface area contributed by atoms with Crippen molar-refractivity contribution >= 4 is 17.4 Å². The van der Waals surface area contributed by atoms with E-state index >= 15 is 0 Å². The first-order valence-electron chi connectivity index (χ1n) is 11.5. The Hall–Kier alpha value is -3.93. The number of hydrogen-bond acceptors (Lipinski definition) is 5. The van der Waals surface area contributed by atoms with Gasteiger partial charge in [0.1, 0.15) is 11.5 Å². The first kappa shape index (κ1) is 24.2. The molecule has 4 rings (SSSR count). The molecule has 1 unspecified atom stereocenters. The zero-order chi connectivity index (χ0) is 25.3. The average Bonchev–Trinajstić information content (AvgIpc) is 3.08. The molecule has 1 aliphatic heterocycles. The lowest BCUT2D eigenvalue weighted by Gasteiger charge is -2.26. The number of aryl methyl sites for hydroxylation is 1. The van der Waals surface area contributed by atoms with Gasteiger partial charge >= 0.3 is 0 Å². The van der Waals surface area contributed by atoms with Crippen LogP contribution in [0.2, 0.25) is 0 Å². The number of methoxy groups -OCH3 is 1. The van der Waals surface area contributed by atoms with Crippen molar-refractivity contribution in [2.75, 3.05) is 7.11 Å². The van der Waals surface area contributed by atoms with Crippen molar-refractivity contribution < 1.29 is 19.4 Å². The second-order valence-electron chi connectivity index (χ2n) is 9.84. The van der Waals surface area contributed by atoms with Crippen LogP contribution in [-0.2, 0) is 21.5 Å². The first-order valence-corrected chi connectivity index (χ1v) is 11.5. The molecule has 0 spiro atoms. The molecular formula is C29H30N2O4. The molecule has 2 heterocycles. The van der Waals surface area contributed by atoms with Gasteiger partial charge in [0.25, 0.3) is 11.7 Å². The summed E-state index contributed by atoms with van der Waals surface area (Å²) in [5.74, 6) is -0.879. The minimum absolute atomic E-state index is 0.0450. The van der Waals surface area contributed by atoms with Gasteiger partial charge in [-0.1, -0.05) is 51.1 Å². The fourth-order valence-corrected chi connectivity index (χ4v) is 4.42. The Morgan fingerprint density at radius 1 is 1.09 bits per heavy atom. The molecule has 1 saturated heterocycles. The normalized spacial score (nSPS) is 17.6. The second kappa shape index (κ2) is 9.37. The summed E-state index contributed by atoms with van der Waals surface area (Å²) in [5.41, 5.74) is 3.99. The highest BCUT2D eigenvalue weighted by Gasteiger charge is 2.46. The predicted molar refractivity (Wildman–Crippen MR) is 135 cm³/mol. The molecule has 3 aromatic rings. The van der Waals surface area contributed by atoms with Crippen LogP contribution in [-0.4, -0.2) is 33.8 Å². The molecule has 0 bridgehead atoms. The average molecular weight is 471 g/mol. The zero-order valence-corrected chi connectivity index (χ0v) is 20.7. The molecular weight excluding hydrogens is 440 g/mol. The minimum atomic E-state index is -0.730. The number of benzene rings is 2. The van der Waals surface area contributed by atoms with Crippen molar-refractivity contribution in [2.24, 2.45) is 0 Å². The van der Waals surface area contributed by atoms with Gasteiger partial charge in [-0.15, -0.1) is 0 Å². The van der Waals surface area contributed by atoms with Crippen LogP contribution < -0.4 is 4.74 Å². The molecule has 1 aromatic heterocycles. The smallest absolute Gasteiger partial charge is 0.295 e. The van der Waals surface area contributed by atoms with Gasteiger partial charge in [-0.3, -0.25) is 14.6 Å². The largest absolute Gasteiger partial charge is 0.507 e. The Bertz CT molecular complexity index is 1290. The molecule has 0 radical (unpaired) electrons. The van der Waals surface area contributed by atoms with E-state index in [0.717, 1.165) is 22.3 Å². The number of carbonyl (C=O) groups is 2. The summed E-state index contributed by atoms with van der Waals surface area (Å²) in [6.07, 6.45) is 3.33. The lowest BCUT2D eigenvalue weighted by Crippen LogP contribution is -2.29. The standard InChI is InChI=1S/C29H30N2O4/c1-18-15-21(10-13-23(18)35-5)26(32)24-25(20-8-11-22(12-9-20)29(2,3)4)31(28(34)27(24)33)17-19-7-6-14-30-16-19/h6-16,25,32H,17H2,1-5H3. The third-order valence-electron chi connectivity index (χ3n) is 6.38. The van der Waals surface area contributed by atoms with Crippen LogP contribution >= 0.6 is 0 Å². The lowest BCUT2D eigenvalue weighted by atomic mass is 9.85. The number of likely N-dealkylation sites (tertiary alicyclic amines) is 1. The number of rotatable bonds is 5. The number of aliphatic hydroxyl groups excluding tert-OH is 1. The van der Waals surface area contributed by atoms with Crippen LogP contribution in [0.1, 0.15) is 54.6 Å². The Balaban J connectivity index is 1.86. The van der Waals surface area contributed by atoms with Gasteiger partial charge in [0.05, 0.1) is 18.7 Å². The van der Waals surface area contributed by atoms with E-state index in [1.165, 1.54) is 4.90 Å². The molecule has 6 heteroatoms. The van der Waals surface area contributed by atoms with E-state index in [4.69, 9.17) is 4.74 Å².